The summed E-state index contributed by atoms with van der Waals surface area (Å²) in [5, 5.41) is 0. The number of halogens is 1. The van der Waals surface area contributed by atoms with Crippen molar-refractivity contribution in [2.75, 3.05) is 13.3 Å². The second kappa shape index (κ2) is 3.00. The molecule has 5 heavy (non-hydrogen) atoms. The van der Waals surface area contributed by atoms with Crippen molar-refractivity contribution in [3.63, 3.8) is 0 Å². The van der Waals surface area contributed by atoms with Crippen molar-refractivity contribution in [3.05, 3.63) is 0 Å². The van der Waals surface area contributed by atoms with Crippen LogP contribution in [0.25, 0.3) is 0 Å². The Hall–Kier alpha value is 0.790. The van der Waals surface area contributed by atoms with Gasteiger partial charge in [-0.2, -0.15) is 0 Å². The molecule has 0 aliphatic rings. The third-order valence-corrected chi connectivity index (χ3v) is 2.77. The zero-order valence-electron chi connectivity index (χ0n) is 3.33. The van der Waals surface area contributed by atoms with Crippen LogP contribution < -0.4 is 0 Å². The van der Waals surface area contributed by atoms with E-state index in [-0.39, 0.29) is 0 Å². The zero-order chi connectivity index (χ0) is 4.28. The van der Waals surface area contributed by atoms with Gasteiger partial charge in [0.1, 0.15) is 0 Å². The Bertz CT molecular complexity index is 21.6. The Labute approximate surface area is 34.7 Å². The highest BCUT2D eigenvalue weighted by Crippen LogP contribution is 2.50. The van der Waals surface area contributed by atoms with E-state index < -0.39 is 7.92 Å². The van der Waals surface area contributed by atoms with E-state index in [9.17, 15) is 4.20 Å². The van der Waals surface area contributed by atoms with Crippen LogP contribution in [0.4, 0.5) is 4.20 Å². The quantitative estimate of drug-likeness (QED) is 0.456. The summed E-state index contributed by atoms with van der Waals surface area (Å²) in [5.74, 6) is 0. The van der Waals surface area contributed by atoms with E-state index in [1.54, 1.807) is 6.66 Å². The molecular weight excluding hydrogens is 105 g/mol. The molecule has 0 aromatic heterocycles. The first-order valence-corrected chi connectivity index (χ1v) is 5.36. The Morgan fingerprint density at radius 3 is 2.00 bits per heavy atom. The van der Waals surface area contributed by atoms with E-state index in [1.165, 1.54) is 0 Å². The Kier molecular flexibility index (Phi) is 3.47. The Morgan fingerprint density at radius 1 is 1.80 bits per heavy atom. The zero-order valence-corrected chi connectivity index (χ0v) is 5.22. The van der Waals surface area contributed by atoms with Gasteiger partial charge >= 0.3 is 0 Å². The highest BCUT2D eigenvalue weighted by atomic mass is 32.1. The molecule has 0 radical (unpaired) electrons. The molecule has 0 saturated carbocycles. The molecule has 0 fully saturated rings. The van der Waals surface area contributed by atoms with Crippen molar-refractivity contribution in [1.29, 1.82) is 0 Å². The minimum absolute atomic E-state index is 0.512. The lowest BCUT2D eigenvalue weighted by atomic mass is 12.0. The molecule has 0 aromatic carbocycles. The van der Waals surface area contributed by atoms with Gasteiger partial charge in [-0.3, -0.25) is 0 Å². The summed E-state index contributed by atoms with van der Waals surface area (Å²) in [6.45, 7) is 3.51. The van der Waals surface area contributed by atoms with Crippen molar-refractivity contribution in [1.82, 2.24) is 0 Å². The highest BCUT2D eigenvalue weighted by molar-refractivity contribution is 8.18. The van der Waals surface area contributed by atoms with Gasteiger partial charge in [-0.1, -0.05) is 8.27 Å². The first-order valence-electron chi connectivity index (χ1n) is 1.34. The summed E-state index contributed by atoms with van der Waals surface area (Å²) in [5.41, 5.74) is 0. The number of hydrogen-bond donors (Lipinski definition) is 0. The summed E-state index contributed by atoms with van der Waals surface area (Å²) in [7, 11) is -0.558. The second-order valence-electron chi connectivity index (χ2n) is 0.701. The lowest BCUT2D eigenvalue weighted by molar-refractivity contribution is 0.919. The molecule has 0 heterocycles. The van der Waals surface area contributed by atoms with Crippen LogP contribution in [-0.4, -0.2) is 13.3 Å². The topological polar surface area (TPSA) is 0 Å². The molecule has 0 nitrogen and oxygen atoms in total. The van der Waals surface area contributed by atoms with Crippen LogP contribution in [0.1, 0.15) is 0 Å². The van der Waals surface area contributed by atoms with Gasteiger partial charge in [0, 0.05) is 0 Å². The maximum absolute atomic E-state index is 11.5. The average molecular weight is 112 g/mol. The molecule has 3 heteroatoms. The normalized spacial score (nSPS) is 17.4. The molecule has 2 unspecified atom stereocenters. The first kappa shape index (κ1) is 5.79. The Morgan fingerprint density at radius 2 is 2.00 bits per heavy atom. The van der Waals surface area contributed by atoms with Gasteiger partial charge in [-0.25, -0.2) is 4.20 Å². The van der Waals surface area contributed by atoms with Crippen LogP contribution in [0, 0.1) is 0 Å². The first-order chi connectivity index (χ1) is 2.27. The lowest BCUT2D eigenvalue weighted by Gasteiger charge is -1.86. The standard InChI is InChI=1S/C2H7FP2/c1-4-5(2)3/h4H,1-2H3. The molecule has 0 aromatic rings. The summed E-state index contributed by atoms with van der Waals surface area (Å²) in [6.07, 6.45) is 0. The predicted molar refractivity (Wildman–Crippen MR) is 28.2 cm³/mol. The molecule has 0 aliphatic heterocycles. The third-order valence-electron chi connectivity index (χ3n) is 0.308. The molecule has 2 atom stereocenters. The van der Waals surface area contributed by atoms with E-state index >= 15 is 0 Å². The van der Waals surface area contributed by atoms with Crippen LogP contribution in [0.5, 0.6) is 0 Å². The summed E-state index contributed by atoms with van der Waals surface area (Å²) in [4.78, 5) is 0. The van der Waals surface area contributed by atoms with Crippen LogP contribution in [0.3, 0.4) is 0 Å². The smallest absolute Gasteiger partial charge is 0.0983 e. The third kappa shape index (κ3) is 4.79. The Balaban J connectivity index is 2.54. The maximum atomic E-state index is 11.5. The van der Waals surface area contributed by atoms with Crippen molar-refractivity contribution in [3.8, 4) is 0 Å². The van der Waals surface area contributed by atoms with Gasteiger partial charge in [-0.15, -0.1) is 0 Å². The van der Waals surface area contributed by atoms with Gasteiger partial charge in [0.25, 0.3) is 0 Å². The molecule has 0 saturated heterocycles. The van der Waals surface area contributed by atoms with Crippen LogP contribution in [0.2, 0.25) is 0 Å². The summed E-state index contributed by atoms with van der Waals surface area (Å²) < 4.78 is 11.5. The minimum atomic E-state index is -1.07. The predicted octanol–water partition coefficient (Wildman–Crippen LogP) is 2.21. The summed E-state index contributed by atoms with van der Waals surface area (Å²) in [6, 6.07) is 0. The van der Waals surface area contributed by atoms with E-state index in [0.29, 0.717) is 8.27 Å². The fraction of sp³-hybridized carbons (Fsp3) is 1.00. The minimum Gasteiger partial charge on any atom is -0.223 e. The fourth-order valence-electron chi connectivity index (χ4n) is 0. The van der Waals surface area contributed by atoms with E-state index in [4.69, 9.17) is 0 Å². The van der Waals surface area contributed by atoms with E-state index in [1.807, 2.05) is 6.66 Å². The maximum Gasteiger partial charge on any atom is 0.0983 e. The van der Waals surface area contributed by atoms with E-state index in [0.717, 1.165) is 0 Å². The van der Waals surface area contributed by atoms with Crippen LogP contribution in [-0.2, 0) is 0 Å². The largest absolute Gasteiger partial charge is 0.223 e. The van der Waals surface area contributed by atoms with Crippen molar-refractivity contribution in [2.45, 2.75) is 0 Å². The monoisotopic (exact) mass is 112 g/mol. The molecule has 0 N–H and O–H groups in total. The summed E-state index contributed by atoms with van der Waals surface area (Å²) >= 11 is 0. The highest BCUT2D eigenvalue weighted by Gasteiger charge is 1.85. The fourth-order valence-corrected chi connectivity index (χ4v) is 0. The molecule has 0 amide bonds. The van der Waals surface area contributed by atoms with E-state index in [2.05, 4.69) is 0 Å². The van der Waals surface area contributed by atoms with Crippen molar-refractivity contribution >= 4 is 16.2 Å². The second-order valence-corrected chi connectivity index (χ2v) is 5.29. The average Bonchev–Trinajstić information content (AvgIpc) is 1.38. The lowest BCUT2D eigenvalue weighted by Crippen LogP contribution is -1.34. The molecule has 0 aliphatic carbocycles. The van der Waals surface area contributed by atoms with Gasteiger partial charge in [-0.05, 0) is 13.3 Å². The molecule has 32 valence electrons. The van der Waals surface area contributed by atoms with Crippen molar-refractivity contribution < 1.29 is 4.20 Å². The SMILES string of the molecule is CPP(C)F. The van der Waals surface area contributed by atoms with Crippen molar-refractivity contribution in [2.24, 2.45) is 0 Å². The van der Waals surface area contributed by atoms with Gasteiger partial charge in [0.15, 0.2) is 0 Å². The van der Waals surface area contributed by atoms with Crippen LogP contribution in [0.15, 0.2) is 0 Å². The van der Waals surface area contributed by atoms with Gasteiger partial charge in [0.2, 0.25) is 0 Å². The number of hydrogen-bond acceptors (Lipinski definition) is 0. The molecule has 0 spiro atoms. The molecule has 0 rings (SSSR count). The molecular formula is C2H7FP2. The molecule has 0 bridgehead atoms. The van der Waals surface area contributed by atoms with Gasteiger partial charge in [0.05, 0.1) is 7.92 Å². The number of rotatable bonds is 1. The van der Waals surface area contributed by atoms with Crippen LogP contribution >= 0.6 is 16.2 Å². The van der Waals surface area contributed by atoms with Gasteiger partial charge < -0.3 is 0 Å².